The van der Waals surface area contributed by atoms with Gasteiger partial charge in [-0.3, -0.25) is 14.5 Å². The molecule has 0 aliphatic carbocycles. The Labute approximate surface area is 187 Å². The quantitative estimate of drug-likeness (QED) is 0.274. The summed E-state index contributed by atoms with van der Waals surface area (Å²) in [5, 5.41) is 11.4. The number of amides is 1. The molecule has 1 saturated heterocycles. The Morgan fingerprint density at radius 3 is 2.62 bits per heavy atom. The van der Waals surface area contributed by atoms with Gasteiger partial charge in [0.05, 0.1) is 29.2 Å². The molecule has 1 aliphatic rings. The summed E-state index contributed by atoms with van der Waals surface area (Å²) in [6.45, 7) is 1.97. The number of anilines is 1. The fraction of sp³-hybridized carbons (Fsp3) is 0.125. The molecule has 0 saturated carbocycles. The SMILES string of the molecule is COc1ccc(/C(O)=C2\C(=O)C(=O)N(c3nc4ccc(C)cc4s3)C2c2ccco2)cc1. The molecule has 1 N–H and O–H groups in total. The predicted octanol–water partition coefficient (Wildman–Crippen LogP) is 4.83. The van der Waals surface area contributed by atoms with Crippen molar-refractivity contribution >= 4 is 44.1 Å². The van der Waals surface area contributed by atoms with Crippen LogP contribution in [0.25, 0.3) is 16.0 Å². The van der Waals surface area contributed by atoms with Crippen molar-refractivity contribution in [2.75, 3.05) is 12.0 Å². The van der Waals surface area contributed by atoms with Crippen molar-refractivity contribution in [2.45, 2.75) is 13.0 Å². The van der Waals surface area contributed by atoms with Crippen LogP contribution in [0.1, 0.15) is 22.9 Å². The standard InChI is InChI=1S/C24H18N2O5S/c1-13-5-10-16-18(12-13)32-24(25-16)26-20(17-4-3-11-31-17)19(22(28)23(26)29)21(27)14-6-8-15(30-2)9-7-14/h3-12,20,27H,1-2H3/b21-19+. The zero-order chi connectivity index (χ0) is 22.4. The van der Waals surface area contributed by atoms with Crippen LogP contribution in [0, 0.1) is 6.92 Å². The molecule has 3 heterocycles. The van der Waals surface area contributed by atoms with Crippen molar-refractivity contribution in [3.63, 3.8) is 0 Å². The number of carbonyl (C=O) groups is 2. The van der Waals surface area contributed by atoms with Crippen molar-refractivity contribution in [2.24, 2.45) is 0 Å². The summed E-state index contributed by atoms with van der Waals surface area (Å²) in [6.07, 6.45) is 1.46. The second-order valence-corrected chi connectivity index (χ2v) is 8.39. The molecular weight excluding hydrogens is 428 g/mol. The van der Waals surface area contributed by atoms with E-state index in [0.717, 1.165) is 15.8 Å². The zero-order valence-corrected chi connectivity index (χ0v) is 18.1. The maximum Gasteiger partial charge on any atom is 0.302 e. The first-order valence-corrected chi connectivity index (χ1v) is 10.7. The molecule has 1 fully saturated rings. The minimum atomic E-state index is -0.936. The van der Waals surface area contributed by atoms with Gasteiger partial charge in [0.25, 0.3) is 5.78 Å². The van der Waals surface area contributed by atoms with E-state index in [1.54, 1.807) is 36.4 Å². The number of ketones is 1. The molecule has 1 aliphatic heterocycles. The van der Waals surface area contributed by atoms with Crippen LogP contribution in [0.5, 0.6) is 5.75 Å². The van der Waals surface area contributed by atoms with Crippen molar-refractivity contribution in [1.29, 1.82) is 0 Å². The topological polar surface area (TPSA) is 92.9 Å². The van der Waals surface area contributed by atoms with Gasteiger partial charge in [-0.2, -0.15) is 0 Å². The second-order valence-electron chi connectivity index (χ2n) is 7.38. The van der Waals surface area contributed by atoms with Gasteiger partial charge in [0.15, 0.2) is 5.13 Å². The number of ether oxygens (including phenoxy) is 1. The first-order chi connectivity index (χ1) is 15.5. The maximum absolute atomic E-state index is 13.1. The number of methoxy groups -OCH3 is 1. The third-order valence-electron chi connectivity index (χ3n) is 5.36. The monoisotopic (exact) mass is 446 g/mol. The molecule has 4 aromatic rings. The summed E-state index contributed by atoms with van der Waals surface area (Å²) in [7, 11) is 1.54. The fourth-order valence-electron chi connectivity index (χ4n) is 3.77. The van der Waals surface area contributed by atoms with E-state index in [1.165, 1.54) is 29.6 Å². The van der Waals surface area contributed by atoms with Gasteiger partial charge < -0.3 is 14.3 Å². The van der Waals surface area contributed by atoms with E-state index in [-0.39, 0.29) is 11.3 Å². The number of carbonyl (C=O) groups excluding carboxylic acids is 2. The lowest BCUT2D eigenvalue weighted by Crippen LogP contribution is -2.29. The number of nitrogens with zero attached hydrogens (tertiary/aromatic N) is 2. The summed E-state index contributed by atoms with van der Waals surface area (Å²) in [5.74, 6) is -0.886. The van der Waals surface area contributed by atoms with Crippen LogP contribution in [0.3, 0.4) is 0 Å². The van der Waals surface area contributed by atoms with E-state index in [1.807, 2.05) is 25.1 Å². The summed E-state index contributed by atoms with van der Waals surface area (Å²) in [4.78, 5) is 32.1. The Bertz CT molecular complexity index is 1370. The summed E-state index contributed by atoms with van der Waals surface area (Å²) in [6, 6.07) is 14.8. The van der Waals surface area contributed by atoms with E-state index in [2.05, 4.69) is 4.98 Å². The van der Waals surface area contributed by atoms with Crippen LogP contribution in [0.2, 0.25) is 0 Å². The molecule has 0 radical (unpaired) electrons. The number of aliphatic hydroxyl groups excluding tert-OH is 1. The smallest absolute Gasteiger partial charge is 0.302 e. The zero-order valence-electron chi connectivity index (χ0n) is 17.2. The highest BCUT2D eigenvalue weighted by atomic mass is 32.1. The second kappa shape index (κ2) is 7.65. The number of furan rings is 1. The number of aryl methyl sites for hydroxylation is 1. The number of aliphatic hydroxyl groups is 1. The van der Waals surface area contributed by atoms with Gasteiger partial charge in [0, 0.05) is 5.56 Å². The highest BCUT2D eigenvalue weighted by Gasteiger charge is 2.49. The molecule has 2 aromatic carbocycles. The van der Waals surface area contributed by atoms with Gasteiger partial charge in [0.1, 0.15) is 23.3 Å². The minimum absolute atomic E-state index is 0.0504. The normalized spacial score (nSPS) is 17.9. The molecule has 1 atom stereocenters. The van der Waals surface area contributed by atoms with Gasteiger partial charge in [0.2, 0.25) is 0 Å². The number of thiazole rings is 1. The van der Waals surface area contributed by atoms with E-state index in [0.29, 0.717) is 22.2 Å². The highest BCUT2D eigenvalue weighted by Crippen LogP contribution is 2.44. The first kappa shape index (κ1) is 20.0. The molecule has 0 bridgehead atoms. The van der Waals surface area contributed by atoms with Crippen molar-refractivity contribution < 1.29 is 23.8 Å². The predicted molar refractivity (Wildman–Crippen MR) is 121 cm³/mol. The minimum Gasteiger partial charge on any atom is -0.507 e. The Morgan fingerprint density at radius 1 is 1.16 bits per heavy atom. The molecule has 0 spiro atoms. The number of hydrogen-bond donors (Lipinski definition) is 1. The Morgan fingerprint density at radius 2 is 1.94 bits per heavy atom. The number of benzene rings is 2. The third kappa shape index (κ3) is 3.16. The summed E-state index contributed by atoms with van der Waals surface area (Å²) in [5.41, 5.74) is 2.13. The molecule has 32 heavy (non-hydrogen) atoms. The van der Waals surface area contributed by atoms with Crippen LogP contribution in [-0.4, -0.2) is 28.9 Å². The molecule has 8 heteroatoms. The number of fused-ring (bicyclic) bond motifs is 1. The lowest BCUT2D eigenvalue weighted by atomic mass is 9.99. The lowest BCUT2D eigenvalue weighted by Gasteiger charge is -2.20. The summed E-state index contributed by atoms with van der Waals surface area (Å²) >= 11 is 1.31. The molecule has 1 unspecified atom stereocenters. The number of hydrogen-bond acceptors (Lipinski definition) is 7. The first-order valence-electron chi connectivity index (χ1n) is 9.84. The number of aromatic nitrogens is 1. The van der Waals surface area contributed by atoms with Crippen LogP contribution >= 0.6 is 11.3 Å². The number of Topliss-reactive ketones (excluding diaryl/α,β-unsaturated/α-hetero) is 1. The molecule has 1 amide bonds. The van der Waals surface area contributed by atoms with Crippen LogP contribution in [0.4, 0.5) is 5.13 Å². The van der Waals surface area contributed by atoms with E-state index in [4.69, 9.17) is 9.15 Å². The molecule has 7 nitrogen and oxygen atoms in total. The van der Waals surface area contributed by atoms with E-state index in [9.17, 15) is 14.7 Å². The Kier molecular flexibility index (Phi) is 4.79. The van der Waals surface area contributed by atoms with Crippen LogP contribution in [0.15, 0.2) is 70.9 Å². The van der Waals surface area contributed by atoms with Gasteiger partial charge >= 0.3 is 5.91 Å². The van der Waals surface area contributed by atoms with E-state index < -0.39 is 17.7 Å². The van der Waals surface area contributed by atoms with Gasteiger partial charge in [-0.15, -0.1) is 0 Å². The number of rotatable bonds is 4. The van der Waals surface area contributed by atoms with Gasteiger partial charge in [-0.25, -0.2) is 4.98 Å². The highest BCUT2D eigenvalue weighted by molar-refractivity contribution is 7.22. The molecule has 160 valence electrons. The van der Waals surface area contributed by atoms with Gasteiger partial charge in [-0.05, 0) is 61.0 Å². The molecule has 2 aromatic heterocycles. The average Bonchev–Trinajstić information content (AvgIpc) is 3.52. The third-order valence-corrected chi connectivity index (χ3v) is 6.38. The average molecular weight is 446 g/mol. The van der Waals surface area contributed by atoms with Gasteiger partial charge in [-0.1, -0.05) is 17.4 Å². The molecule has 5 rings (SSSR count). The maximum atomic E-state index is 13.1. The lowest BCUT2D eigenvalue weighted by molar-refractivity contribution is -0.132. The van der Waals surface area contributed by atoms with E-state index >= 15 is 0 Å². The molecular formula is C24H18N2O5S. The largest absolute Gasteiger partial charge is 0.507 e. The fourth-order valence-corrected chi connectivity index (χ4v) is 4.86. The van der Waals surface area contributed by atoms with Crippen LogP contribution in [-0.2, 0) is 9.59 Å². The van der Waals surface area contributed by atoms with Crippen molar-refractivity contribution in [3.05, 3.63) is 83.3 Å². The van der Waals surface area contributed by atoms with Crippen LogP contribution < -0.4 is 9.64 Å². The van der Waals surface area contributed by atoms with Crippen molar-refractivity contribution in [3.8, 4) is 5.75 Å². The summed E-state index contributed by atoms with van der Waals surface area (Å²) < 4.78 is 11.6. The Hall–Kier alpha value is -3.91. The van der Waals surface area contributed by atoms with Crippen molar-refractivity contribution in [1.82, 2.24) is 4.98 Å². The Balaban J connectivity index is 1.68.